The number of hydrogen-bond donors (Lipinski definition) is 3. The highest BCUT2D eigenvalue weighted by Crippen LogP contribution is 2.05. The highest BCUT2D eigenvalue weighted by Gasteiger charge is 2.05. The lowest BCUT2D eigenvalue weighted by Crippen LogP contribution is -2.27. The molecule has 0 aromatic heterocycles. The van der Waals surface area contributed by atoms with Gasteiger partial charge in [0.1, 0.15) is 0 Å². The maximum atomic E-state index is 11.5. The first-order chi connectivity index (χ1) is 9.52. The number of nitrogens with two attached hydrogens (primary N) is 1. The van der Waals surface area contributed by atoms with Gasteiger partial charge in [-0.05, 0) is 37.5 Å². The highest BCUT2D eigenvalue weighted by molar-refractivity contribution is 5.94. The van der Waals surface area contributed by atoms with E-state index in [2.05, 4.69) is 10.6 Å². The van der Waals surface area contributed by atoms with Crippen LogP contribution in [0.5, 0.6) is 0 Å². The van der Waals surface area contributed by atoms with Crippen LogP contribution in [0.4, 0.5) is 0 Å². The Kier molecular flexibility index (Phi) is 6.73. The number of carbonyl (C=O) groups excluding carboxylic acids is 2. The molecule has 1 aromatic rings. The molecule has 5 nitrogen and oxygen atoms in total. The Morgan fingerprint density at radius 2 is 2.10 bits per heavy atom. The number of benzene rings is 1. The predicted octanol–water partition coefficient (Wildman–Crippen LogP) is 0.832. The fourth-order valence-electron chi connectivity index (χ4n) is 1.81. The zero-order valence-electron chi connectivity index (χ0n) is 12.1. The Morgan fingerprint density at radius 3 is 2.75 bits per heavy atom. The third-order valence-electron chi connectivity index (χ3n) is 2.98. The summed E-state index contributed by atoms with van der Waals surface area (Å²) < 4.78 is 0. The van der Waals surface area contributed by atoms with Gasteiger partial charge in [0, 0.05) is 31.6 Å². The quantitative estimate of drug-likeness (QED) is 0.690. The second-order valence-electron chi connectivity index (χ2n) is 4.90. The molecule has 1 atom stereocenters. The summed E-state index contributed by atoms with van der Waals surface area (Å²) in [6.45, 7) is 2.45. The third kappa shape index (κ3) is 5.84. The molecule has 0 radical (unpaired) electrons. The van der Waals surface area contributed by atoms with Crippen LogP contribution in [-0.4, -0.2) is 31.4 Å². The van der Waals surface area contributed by atoms with Gasteiger partial charge < -0.3 is 16.4 Å². The minimum Gasteiger partial charge on any atom is -0.356 e. The Hall–Kier alpha value is -1.88. The van der Waals surface area contributed by atoms with Crippen molar-refractivity contribution in [3.05, 3.63) is 35.4 Å². The van der Waals surface area contributed by atoms with E-state index in [9.17, 15) is 9.59 Å². The number of nitrogens with one attached hydrogen (secondary N) is 2. The minimum atomic E-state index is -0.104. The minimum absolute atomic E-state index is 0.0183. The second kappa shape index (κ2) is 8.32. The summed E-state index contributed by atoms with van der Waals surface area (Å²) in [4.78, 5) is 23.0. The standard InChI is InChI=1S/C15H23N3O2/c1-11(16)6-7-14(19)18-9-8-12-4-3-5-13(10-12)15(20)17-2/h3-5,10-11H,6-9,16H2,1-2H3,(H,17,20)(H,18,19). The van der Waals surface area contributed by atoms with E-state index in [1.54, 1.807) is 13.1 Å². The molecule has 110 valence electrons. The average molecular weight is 277 g/mol. The lowest BCUT2D eigenvalue weighted by molar-refractivity contribution is -0.121. The molecule has 5 heteroatoms. The van der Waals surface area contributed by atoms with E-state index in [1.165, 1.54) is 0 Å². The van der Waals surface area contributed by atoms with Gasteiger partial charge in [-0.15, -0.1) is 0 Å². The van der Waals surface area contributed by atoms with Crippen molar-refractivity contribution in [1.29, 1.82) is 0 Å². The molecule has 0 spiro atoms. The van der Waals surface area contributed by atoms with Crippen LogP contribution < -0.4 is 16.4 Å². The van der Waals surface area contributed by atoms with Crippen molar-refractivity contribution in [1.82, 2.24) is 10.6 Å². The second-order valence-corrected chi connectivity index (χ2v) is 4.90. The normalized spacial score (nSPS) is 11.8. The molecule has 0 heterocycles. The molecule has 0 fully saturated rings. The fraction of sp³-hybridized carbons (Fsp3) is 0.467. The van der Waals surface area contributed by atoms with E-state index < -0.39 is 0 Å². The van der Waals surface area contributed by atoms with Crippen LogP contribution in [-0.2, 0) is 11.2 Å². The highest BCUT2D eigenvalue weighted by atomic mass is 16.2. The van der Waals surface area contributed by atoms with Gasteiger partial charge in [0.05, 0.1) is 0 Å². The van der Waals surface area contributed by atoms with E-state index in [-0.39, 0.29) is 17.9 Å². The van der Waals surface area contributed by atoms with E-state index in [4.69, 9.17) is 5.73 Å². The van der Waals surface area contributed by atoms with E-state index in [0.717, 1.165) is 5.56 Å². The lowest BCUT2D eigenvalue weighted by atomic mass is 10.1. The van der Waals surface area contributed by atoms with Crippen molar-refractivity contribution in [2.24, 2.45) is 5.73 Å². The Labute approximate surface area is 119 Å². The Morgan fingerprint density at radius 1 is 1.35 bits per heavy atom. The van der Waals surface area contributed by atoms with Gasteiger partial charge in [-0.3, -0.25) is 9.59 Å². The third-order valence-corrected chi connectivity index (χ3v) is 2.98. The molecule has 0 aliphatic carbocycles. The van der Waals surface area contributed by atoms with Crippen molar-refractivity contribution < 1.29 is 9.59 Å². The van der Waals surface area contributed by atoms with Crippen LogP contribution in [0, 0.1) is 0 Å². The van der Waals surface area contributed by atoms with Gasteiger partial charge in [-0.1, -0.05) is 12.1 Å². The van der Waals surface area contributed by atoms with Crippen LogP contribution in [0.15, 0.2) is 24.3 Å². The molecule has 0 aliphatic heterocycles. The first-order valence-corrected chi connectivity index (χ1v) is 6.86. The molecule has 1 rings (SSSR count). The van der Waals surface area contributed by atoms with Gasteiger partial charge in [0.2, 0.25) is 5.91 Å². The molecular formula is C15H23N3O2. The average Bonchev–Trinajstić information content (AvgIpc) is 2.44. The molecule has 2 amide bonds. The van der Waals surface area contributed by atoms with Crippen LogP contribution in [0.2, 0.25) is 0 Å². The van der Waals surface area contributed by atoms with Crippen LogP contribution >= 0.6 is 0 Å². The van der Waals surface area contributed by atoms with Crippen molar-refractivity contribution in [2.75, 3.05) is 13.6 Å². The van der Waals surface area contributed by atoms with Crippen LogP contribution in [0.1, 0.15) is 35.7 Å². The molecule has 1 unspecified atom stereocenters. The number of rotatable bonds is 7. The Bertz CT molecular complexity index is 458. The SMILES string of the molecule is CNC(=O)c1cccc(CCNC(=O)CCC(C)N)c1. The van der Waals surface area contributed by atoms with Gasteiger partial charge in [0.25, 0.3) is 5.91 Å². The van der Waals surface area contributed by atoms with Gasteiger partial charge in [0.15, 0.2) is 0 Å². The van der Waals surface area contributed by atoms with Crippen LogP contribution in [0.25, 0.3) is 0 Å². The smallest absolute Gasteiger partial charge is 0.251 e. The first kappa shape index (κ1) is 16.2. The summed E-state index contributed by atoms with van der Waals surface area (Å²) in [5.74, 6) is -0.0856. The largest absolute Gasteiger partial charge is 0.356 e. The summed E-state index contributed by atoms with van der Waals surface area (Å²) in [5, 5.41) is 5.44. The maximum Gasteiger partial charge on any atom is 0.251 e. The molecule has 4 N–H and O–H groups in total. The summed E-state index contributed by atoms with van der Waals surface area (Å²) >= 11 is 0. The molecule has 0 aliphatic rings. The first-order valence-electron chi connectivity index (χ1n) is 6.86. The van der Waals surface area contributed by atoms with Crippen molar-refractivity contribution in [3.63, 3.8) is 0 Å². The van der Waals surface area contributed by atoms with Crippen molar-refractivity contribution in [3.8, 4) is 0 Å². The topological polar surface area (TPSA) is 84.2 Å². The fourth-order valence-corrected chi connectivity index (χ4v) is 1.81. The monoisotopic (exact) mass is 277 g/mol. The van der Waals surface area contributed by atoms with Gasteiger partial charge in [-0.2, -0.15) is 0 Å². The maximum absolute atomic E-state index is 11.5. The predicted molar refractivity (Wildman–Crippen MR) is 79.4 cm³/mol. The van der Waals surface area contributed by atoms with Gasteiger partial charge in [-0.25, -0.2) is 0 Å². The molecule has 0 bridgehead atoms. The van der Waals surface area contributed by atoms with Crippen LogP contribution in [0.3, 0.4) is 0 Å². The van der Waals surface area contributed by atoms with Crippen molar-refractivity contribution >= 4 is 11.8 Å². The van der Waals surface area contributed by atoms with E-state index >= 15 is 0 Å². The van der Waals surface area contributed by atoms with E-state index in [0.29, 0.717) is 31.4 Å². The lowest BCUT2D eigenvalue weighted by Gasteiger charge is -2.08. The molecule has 20 heavy (non-hydrogen) atoms. The zero-order valence-corrected chi connectivity index (χ0v) is 12.1. The molecule has 0 saturated heterocycles. The zero-order chi connectivity index (χ0) is 15.0. The molecule has 0 saturated carbocycles. The van der Waals surface area contributed by atoms with Crippen molar-refractivity contribution in [2.45, 2.75) is 32.2 Å². The number of carbonyl (C=O) groups is 2. The summed E-state index contributed by atoms with van der Waals surface area (Å²) in [6, 6.07) is 7.44. The number of amides is 2. The number of hydrogen-bond acceptors (Lipinski definition) is 3. The Balaban J connectivity index is 2.38. The summed E-state index contributed by atoms with van der Waals surface area (Å²) in [6.07, 6.45) is 1.85. The summed E-state index contributed by atoms with van der Waals surface area (Å²) in [7, 11) is 1.60. The molecular weight excluding hydrogens is 254 g/mol. The molecule has 1 aromatic carbocycles. The van der Waals surface area contributed by atoms with E-state index in [1.807, 2.05) is 25.1 Å². The summed E-state index contributed by atoms with van der Waals surface area (Å²) in [5.41, 5.74) is 7.26. The van der Waals surface area contributed by atoms with Gasteiger partial charge >= 0.3 is 0 Å².